The second-order valence-electron chi connectivity index (χ2n) is 18.9. The number of allylic oxidation sites excluding steroid dienone is 3. The van der Waals surface area contributed by atoms with Gasteiger partial charge in [0.1, 0.15) is 0 Å². The fraction of sp³-hybridized carbons (Fsp3) is 0.0139. The number of carboxylic acid groups (broad SMARTS) is 2. The molecule has 1 radical (unpaired) electrons. The quantitative estimate of drug-likeness (QED) is 0.0601. The normalized spacial score (nSPS) is 11.3. The molecule has 0 unspecified atom stereocenters. The molecule has 3 aromatic heterocycles. The van der Waals surface area contributed by atoms with Crippen LogP contribution < -0.4 is 9.80 Å². The molecular formula is C72H51N8O4RuS2. The zero-order chi connectivity index (χ0) is 60.0. The van der Waals surface area contributed by atoms with Crippen molar-refractivity contribution in [3.63, 3.8) is 0 Å². The third kappa shape index (κ3) is 16.3. The van der Waals surface area contributed by atoms with Crippen LogP contribution in [0.5, 0.6) is 0 Å². The van der Waals surface area contributed by atoms with Crippen molar-refractivity contribution in [3.8, 4) is 11.4 Å². The van der Waals surface area contributed by atoms with Crippen LogP contribution in [0, 0.1) is 0 Å². The van der Waals surface area contributed by atoms with Gasteiger partial charge in [-0.2, -0.15) is 10.3 Å². The van der Waals surface area contributed by atoms with E-state index in [4.69, 9.17) is 31.3 Å². The summed E-state index contributed by atoms with van der Waals surface area (Å²) in [6, 6.07) is 78.3. The van der Waals surface area contributed by atoms with Gasteiger partial charge in [-0.15, -0.1) is 12.2 Å². The van der Waals surface area contributed by atoms with Crippen LogP contribution in [0.1, 0.15) is 43.1 Å². The Morgan fingerprint density at radius 2 is 0.851 bits per heavy atom. The molecule has 0 saturated carbocycles. The number of rotatable bonds is 14. The van der Waals surface area contributed by atoms with Crippen molar-refractivity contribution in [2.75, 3.05) is 16.3 Å². The minimum Gasteiger partial charge on any atom is -0.753 e. The van der Waals surface area contributed by atoms with Crippen molar-refractivity contribution >= 4 is 126 Å². The zero-order valence-corrected chi connectivity index (χ0v) is 49.7. The van der Waals surface area contributed by atoms with Gasteiger partial charge in [-0.05, 0) is 130 Å². The van der Waals surface area contributed by atoms with Gasteiger partial charge in [0, 0.05) is 57.8 Å². The van der Waals surface area contributed by atoms with Crippen molar-refractivity contribution in [1.82, 2.24) is 15.0 Å². The minimum absolute atomic E-state index is 0. The molecule has 1 aliphatic rings. The molecule has 0 bridgehead atoms. The first-order valence-electron chi connectivity index (χ1n) is 26.8. The average Bonchev–Trinajstić information content (AvgIpc) is 1.84. The Labute approximate surface area is 527 Å². The Balaban J connectivity index is 0.000000330. The van der Waals surface area contributed by atoms with Crippen LogP contribution >= 0.6 is 24.4 Å². The van der Waals surface area contributed by atoms with Crippen LogP contribution in [0.4, 0.5) is 34.1 Å². The van der Waals surface area contributed by atoms with E-state index in [2.05, 4.69) is 281 Å². The number of aromatic nitrogens is 3. The molecule has 11 aromatic rings. The van der Waals surface area contributed by atoms with Gasteiger partial charge in [0.2, 0.25) is 0 Å². The van der Waals surface area contributed by atoms with Gasteiger partial charge in [0.05, 0.1) is 33.9 Å². The van der Waals surface area contributed by atoms with Gasteiger partial charge < -0.3 is 36.1 Å². The Morgan fingerprint density at radius 1 is 0.460 bits per heavy atom. The van der Waals surface area contributed by atoms with E-state index in [1.165, 1.54) is 68.5 Å². The Hall–Kier alpha value is -10.7. The molecule has 15 heteroatoms. The van der Waals surface area contributed by atoms with Gasteiger partial charge >= 0.3 is 31.4 Å². The summed E-state index contributed by atoms with van der Waals surface area (Å²) in [5.74, 6) is -2.15. The molecular weight excluding hydrogens is 1210 g/mol. The number of aromatic carboxylic acids is 2. The summed E-state index contributed by atoms with van der Waals surface area (Å²) in [5, 5.41) is 44.3. The molecule has 12 rings (SSSR count). The first kappa shape index (κ1) is 62.3. The summed E-state index contributed by atoms with van der Waals surface area (Å²) >= 11 is 7.40. The van der Waals surface area contributed by atoms with Gasteiger partial charge in [-0.25, -0.2) is 9.59 Å². The van der Waals surface area contributed by atoms with E-state index in [0.29, 0.717) is 17.9 Å². The van der Waals surface area contributed by atoms with E-state index in [1.54, 1.807) is 0 Å². The summed E-state index contributed by atoms with van der Waals surface area (Å²) in [6.45, 7) is 0.606. The van der Waals surface area contributed by atoms with E-state index in [9.17, 15) is 9.59 Å². The van der Waals surface area contributed by atoms with Crippen molar-refractivity contribution in [1.29, 1.82) is 0 Å². The van der Waals surface area contributed by atoms with E-state index in [0.717, 1.165) is 67.8 Å². The fourth-order valence-corrected chi connectivity index (χ4v) is 9.55. The number of para-hydroxylation sites is 2. The summed E-state index contributed by atoms with van der Waals surface area (Å²) < 4.78 is 0. The molecule has 0 spiro atoms. The third-order valence-electron chi connectivity index (χ3n) is 13.5. The van der Waals surface area contributed by atoms with Crippen molar-refractivity contribution in [2.24, 2.45) is 0 Å². The molecule has 12 nitrogen and oxygen atoms in total. The number of pyridine rings is 3. The summed E-state index contributed by atoms with van der Waals surface area (Å²) in [4.78, 5) is 39.0. The third-order valence-corrected chi connectivity index (χ3v) is 13.5. The van der Waals surface area contributed by atoms with Gasteiger partial charge in [-0.3, -0.25) is 15.0 Å². The van der Waals surface area contributed by atoms with Gasteiger partial charge in [0.15, 0.2) is 0 Å². The number of isothiocyanates is 2. The number of nitrogens with zero attached hydrogens (tertiary/aromatic N) is 8. The maximum absolute atomic E-state index is 10.8. The molecule has 0 amide bonds. The number of anilines is 6. The molecule has 87 heavy (non-hydrogen) atoms. The largest absolute Gasteiger partial charge is 3.00 e. The predicted molar refractivity (Wildman–Crippen MR) is 357 cm³/mol. The van der Waals surface area contributed by atoms with E-state index < -0.39 is 11.9 Å². The molecule has 4 heterocycles. The molecule has 0 fully saturated rings. The molecule has 2 N–H and O–H groups in total. The monoisotopic (exact) mass is 1260 g/mol. The maximum Gasteiger partial charge on any atom is 3.00 e. The number of hydrogen-bond donors (Lipinski definition) is 2. The number of thiocarbonyl (C=S) groups is 2. The molecule has 0 atom stereocenters. The van der Waals surface area contributed by atoms with Crippen LogP contribution in [0.15, 0.2) is 273 Å². The van der Waals surface area contributed by atoms with Crippen LogP contribution in [-0.2, 0) is 19.5 Å². The summed E-state index contributed by atoms with van der Waals surface area (Å²) in [5.41, 5.74) is 13.7. The van der Waals surface area contributed by atoms with E-state index in [1.807, 2.05) is 12.3 Å². The zero-order valence-electron chi connectivity index (χ0n) is 46.3. The Bertz CT molecular complexity index is 4300. The number of hydrogen-bond acceptors (Lipinski definition) is 9. The Kier molecular flexibility index (Phi) is 22.4. The van der Waals surface area contributed by atoms with E-state index in [-0.39, 0.29) is 30.6 Å². The second-order valence-corrected chi connectivity index (χ2v) is 19.3. The molecule has 8 aromatic carbocycles. The molecule has 0 aliphatic carbocycles. The smallest absolute Gasteiger partial charge is 0.753 e. The average molecular weight is 1260 g/mol. The first-order chi connectivity index (χ1) is 42.1. The standard InChI is InChI=1S/C58H43N4.C12H8N2O4.2CNS.Ru/c1-3-17-49(18-4-1)61(57-23-11-15-47-13-7-9-21-53(47)57)51-33-29-43(30-34-51)25-27-45-37-39-59-55(41-45)56-42-46(38-40-60-56)28-26-44-31-35-52(36-32-44)62(50-19-5-2-6-20-50)58-24-12-16-48-14-8-10-22-54(48)58;15-11(16)7-1-3-13-9(5-7)10-6-8(12(17)18)2-4-14-10;2*2-1-3;/h1-39,41-42H,40H2;1-6H,(H,15,16)(H,17,18);;;/q-1;;2*-1;+3/b27-25+,28-26+;;;;. The SMILES string of the molecule is C1=C(/C=C/c2ccc(N(c3ccccc3)c3cccc4ccccc34)cc2)C=C(c2cc(/C=C/c3ccc(N(c4ccccc4)c4cccc5ccccc45)cc3)ccn2)[N-]C1.O=C(O)c1ccnc(-c2cc(C(=O)O)ccn2)c1.[N-]=C=S.[N-]=C=S.[Ru+3]. The predicted octanol–water partition coefficient (Wildman–Crippen LogP) is 18.7. The minimum atomic E-state index is -1.08. The second kappa shape index (κ2) is 31.2. The number of fused-ring (bicyclic) bond motifs is 2. The van der Waals surface area contributed by atoms with Crippen LogP contribution in [0.25, 0.3) is 73.0 Å². The van der Waals surface area contributed by atoms with Gasteiger partial charge in [-0.1, -0.05) is 194 Å². The van der Waals surface area contributed by atoms with Crippen molar-refractivity contribution < 1.29 is 39.3 Å². The number of benzene rings is 8. The molecule has 0 saturated heterocycles. The maximum atomic E-state index is 10.8. The van der Waals surface area contributed by atoms with Crippen molar-refractivity contribution in [3.05, 3.63) is 323 Å². The number of carboxylic acids is 2. The fourth-order valence-electron chi connectivity index (χ4n) is 9.55. The topological polar surface area (TPSA) is 178 Å². The van der Waals surface area contributed by atoms with Crippen LogP contribution in [0.3, 0.4) is 0 Å². The van der Waals surface area contributed by atoms with Gasteiger partial charge in [0.25, 0.3) is 0 Å². The summed E-state index contributed by atoms with van der Waals surface area (Å²) in [7, 11) is 0. The van der Waals surface area contributed by atoms with Crippen LogP contribution in [-0.4, -0.2) is 54.0 Å². The molecule has 423 valence electrons. The summed E-state index contributed by atoms with van der Waals surface area (Å²) in [6.07, 6.45) is 17.4. The molecule has 1 aliphatic heterocycles. The van der Waals surface area contributed by atoms with Crippen LogP contribution in [0.2, 0.25) is 0 Å². The Morgan fingerprint density at radius 3 is 1.32 bits per heavy atom. The first-order valence-corrected chi connectivity index (χ1v) is 27.7. The van der Waals surface area contributed by atoms with E-state index >= 15 is 0 Å². The van der Waals surface area contributed by atoms with Crippen molar-refractivity contribution in [2.45, 2.75) is 0 Å². The number of carbonyl (C=O) groups is 2.